The Hall–Kier alpha value is -2.38. The first-order chi connectivity index (χ1) is 13.2. The summed E-state index contributed by atoms with van der Waals surface area (Å²) < 4.78 is 17.4. The molecule has 0 aliphatic carbocycles. The summed E-state index contributed by atoms with van der Waals surface area (Å²) in [6.45, 7) is 4.07. The zero-order valence-corrected chi connectivity index (χ0v) is 15.9. The predicted molar refractivity (Wildman–Crippen MR) is 101 cm³/mol. The third kappa shape index (κ3) is 4.87. The normalized spacial score (nSPS) is 20.3. The van der Waals surface area contributed by atoms with Crippen LogP contribution in [-0.4, -0.2) is 66.6 Å². The topological polar surface area (TPSA) is 76.7 Å². The summed E-state index contributed by atoms with van der Waals surface area (Å²) in [6, 6.07) is 11.4. The number of nitrogens with one attached hydrogen (secondary N) is 1. The van der Waals surface area contributed by atoms with Crippen LogP contribution in [0.2, 0.25) is 0 Å². The Labute approximate surface area is 159 Å². The molecule has 2 aromatic rings. The molecule has 1 aromatic heterocycles. The van der Waals surface area contributed by atoms with Gasteiger partial charge in [-0.1, -0.05) is 31.5 Å². The molecule has 0 bridgehead atoms. The van der Waals surface area contributed by atoms with Crippen LogP contribution in [0.1, 0.15) is 29.5 Å². The van der Waals surface area contributed by atoms with Crippen molar-refractivity contribution in [3.63, 3.8) is 0 Å². The Morgan fingerprint density at radius 3 is 2.93 bits per heavy atom. The summed E-state index contributed by atoms with van der Waals surface area (Å²) in [5.41, 5.74) is 0.663. The van der Waals surface area contributed by atoms with Gasteiger partial charge in [-0.3, -0.25) is 9.89 Å². The number of hydrogen-bond acceptors (Lipinski definition) is 5. The van der Waals surface area contributed by atoms with Gasteiger partial charge in [-0.15, -0.1) is 0 Å². The molecule has 0 radical (unpaired) electrons. The lowest BCUT2D eigenvalue weighted by atomic mass is 10.1. The van der Waals surface area contributed by atoms with Crippen LogP contribution in [0, 0.1) is 0 Å². The number of carbonyl (C=O) groups is 1. The molecule has 1 saturated heterocycles. The average Bonchev–Trinajstić information content (AvgIpc) is 3.06. The monoisotopic (exact) mass is 373 g/mol. The molecule has 1 unspecified atom stereocenters. The number of amides is 1. The van der Waals surface area contributed by atoms with E-state index in [4.69, 9.17) is 14.2 Å². The van der Waals surface area contributed by atoms with E-state index in [0.717, 1.165) is 24.3 Å². The fourth-order valence-electron chi connectivity index (χ4n) is 3.11. The first-order valence-corrected chi connectivity index (χ1v) is 9.30. The number of aromatic amines is 1. The van der Waals surface area contributed by atoms with Crippen molar-refractivity contribution < 1.29 is 19.0 Å². The third-order valence-electron chi connectivity index (χ3n) is 4.68. The quantitative estimate of drug-likeness (QED) is 0.806. The molecule has 1 fully saturated rings. The van der Waals surface area contributed by atoms with Gasteiger partial charge in [-0.2, -0.15) is 5.10 Å². The van der Waals surface area contributed by atoms with Gasteiger partial charge in [0.05, 0.1) is 19.8 Å². The number of hydrogen-bond donors (Lipinski definition) is 1. The molecule has 1 aliphatic rings. The second-order valence-corrected chi connectivity index (χ2v) is 6.80. The molecule has 1 N–H and O–H groups in total. The largest absolute Gasteiger partial charge is 0.490 e. The van der Waals surface area contributed by atoms with Crippen molar-refractivity contribution in [1.29, 1.82) is 0 Å². The highest BCUT2D eigenvalue weighted by Crippen LogP contribution is 2.21. The van der Waals surface area contributed by atoms with Gasteiger partial charge in [0.2, 0.25) is 0 Å². The molecule has 0 spiro atoms. The SMILES string of the molecule is CCCc1cc(C(=O)N2CCOCC(COc3ccccc3)(OC)C2)n[nH]1. The van der Waals surface area contributed by atoms with Crippen molar-refractivity contribution in [3.8, 4) is 5.75 Å². The van der Waals surface area contributed by atoms with Gasteiger partial charge in [0.25, 0.3) is 5.91 Å². The number of carbonyl (C=O) groups excluding carboxylic acids is 1. The van der Waals surface area contributed by atoms with Gasteiger partial charge in [0, 0.05) is 19.3 Å². The van der Waals surface area contributed by atoms with Crippen molar-refractivity contribution in [1.82, 2.24) is 15.1 Å². The standard InChI is InChI=1S/C20H27N3O4/c1-3-7-16-12-18(22-21-16)19(24)23-10-11-26-14-20(13-23,25-2)15-27-17-8-5-4-6-9-17/h4-6,8-9,12H,3,7,10-11,13-15H2,1-2H3,(H,21,22). The van der Waals surface area contributed by atoms with Crippen LogP contribution in [-0.2, 0) is 15.9 Å². The number of para-hydroxylation sites is 1. The van der Waals surface area contributed by atoms with Crippen molar-refractivity contribution in [3.05, 3.63) is 47.8 Å². The first kappa shape index (κ1) is 19.4. The van der Waals surface area contributed by atoms with Gasteiger partial charge in [-0.05, 0) is 24.6 Å². The van der Waals surface area contributed by atoms with Gasteiger partial charge >= 0.3 is 0 Å². The highest BCUT2D eigenvalue weighted by molar-refractivity contribution is 5.92. The van der Waals surface area contributed by atoms with Gasteiger partial charge in [0.1, 0.15) is 23.7 Å². The Morgan fingerprint density at radius 1 is 1.37 bits per heavy atom. The molecule has 0 saturated carbocycles. The van der Waals surface area contributed by atoms with Crippen molar-refractivity contribution >= 4 is 5.91 Å². The van der Waals surface area contributed by atoms with Crippen molar-refractivity contribution in [2.24, 2.45) is 0 Å². The molecule has 1 amide bonds. The van der Waals surface area contributed by atoms with Crippen molar-refractivity contribution in [2.75, 3.05) is 40.0 Å². The Balaban J connectivity index is 1.71. The number of rotatable bonds is 7. The average molecular weight is 373 g/mol. The Morgan fingerprint density at radius 2 is 2.19 bits per heavy atom. The van der Waals surface area contributed by atoms with E-state index in [9.17, 15) is 4.79 Å². The van der Waals surface area contributed by atoms with Crippen molar-refractivity contribution in [2.45, 2.75) is 25.4 Å². The first-order valence-electron chi connectivity index (χ1n) is 9.30. The van der Waals surface area contributed by atoms with E-state index in [0.29, 0.717) is 38.6 Å². The van der Waals surface area contributed by atoms with Gasteiger partial charge < -0.3 is 19.1 Å². The molecule has 7 nitrogen and oxygen atoms in total. The molecule has 2 heterocycles. The maximum absolute atomic E-state index is 12.9. The molecule has 7 heteroatoms. The summed E-state index contributed by atoms with van der Waals surface area (Å²) in [5.74, 6) is 0.632. The minimum atomic E-state index is -0.732. The van der Waals surface area contributed by atoms with E-state index < -0.39 is 5.60 Å². The highest BCUT2D eigenvalue weighted by Gasteiger charge is 2.38. The maximum atomic E-state index is 12.9. The van der Waals surface area contributed by atoms with E-state index in [-0.39, 0.29) is 5.91 Å². The Bertz CT molecular complexity index is 734. The lowest BCUT2D eigenvalue weighted by Gasteiger charge is -2.33. The second-order valence-electron chi connectivity index (χ2n) is 6.80. The van der Waals surface area contributed by atoms with E-state index >= 15 is 0 Å². The van der Waals surface area contributed by atoms with E-state index in [1.165, 1.54) is 0 Å². The number of aryl methyl sites for hydroxylation is 1. The molecule has 1 atom stereocenters. The number of nitrogens with zero attached hydrogens (tertiary/aromatic N) is 2. The van der Waals surface area contributed by atoms with Crippen LogP contribution in [0.4, 0.5) is 0 Å². The summed E-state index contributed by atoms with van der Waals surface area (Å²) in [5, 5.41) is 7.12. The zero-order chi connectivity index (χ0) is 19.1. The number of H-pyrrole nitrogens is 1. The molecule has 27 heavy (non-hydrogen) atoms. The molecule has 1 aromatic carbocycles. The number of aromatic nitrogens is 2. The minimum Gasteiger partial charge on any atom is -0.490 e. The molecule has 146 valence electrons. The summed E-state index contributed by atoms with van der Waals surface area (Å²) in [4.78, 5) is 14.7. The second kappa shape index (κ2) is 9.01. The van der Waals surface area contributed by atoms with Crippen LogP contribution < -0.4 is 4.74 Å². The summed E-state index contributed by atoms with van der Waals surface area (Å²) in [7, 11) is 1.62. The molecule has 1 aliphatic heterocycles. The van der Waals surface area contributed by atoms with Crippen LogP contribution >= 0.6 is 0 Å². The smallest absolute Gasteiger partial charge is 0.274 e. The van der Waals surface area contributed by atoms with Crippen LogP contribution in [0.25, 0.3) is 0 Å². The fraction of sp³-hybridized carbons (Fsp3) is 0.500. The van der Waals surface area contributed by atoms with Crippen LogP contribution in [0.5, 0.6) is 5.75 Å². The lowest BCUT2D eigenvalue weighted by molar-refractivity contribution is -0.0899. The third-order valence-corrected chi connectivity index (χ3v) is 4.68. The zero-order valence-electron chi connectivity index (χ0n) is 15.9. The van der Waals surface area contributed by atoms with Crippen LogP contribution in [0.3, 0.4) is 0 Å². The van der Waals surface area contributed by atoms with Gasteiger partial charge in [-0.25, -0.2) is 0 Å². The maximum Gasteiger partial charge on any atom is 0.274 e. The number of methoxy groups -OCH3 is 1. The van der Waals surface area contributed by atoms with Crippen LogP contribution in [0.15, 0.2) is 36.4 Å². The van der Waals surface area contributed by atoms with E-state index in [1.807, 2.05) is 36.4 Å². The predicted octanol–water partition coefficient (Wildman–Crippen LogP) is 2.30. The lowest BCUT2D eigenvalue weighted by Crippen LogP contribution is -2.51. The summed E-state index contributed by atoms with van der Waals surface area (Å²) in [6.07, 6.45) is 1.87. The number of benzene rings is 1. The molecule has 3 rings (SSSR count). The van der Waals surface area contributed by atoms with E-state index in [2.05, 4.69) is 17.1 Å². The summed E-state index contributed by atoms with van der Waals surface area (Å²) >= 11 is 0. The molecular weight excluding hydrogens is 346 g/mol. The number of ether oxygens (including phenoxy) is 3. The van der Waals surface area contributed by atoms with Gasteiger partial charge in [0.15, 0.2) is 0 Å². The Kier molecular flexibility index (Phi) is 6.47. The molecular formula is C20H27N3O4. The fourth-order valence-corrected chi connectivity index (χ4v) is 3.11. The highest BCUT2D eigenvalue weighted by atomic mass is 16.6. The van der Waals surface area contributed by atoms with E-state index in [1.54, 1.807) is 12.0 Å². The minimum absolute atomic E-state index is 0.125.